The summed E-state index contributed by atoms with van der Waals surface area (Å²) in [6.07, 6.45) is 1.61. The third kappa shape index (κ3) is 3.93. The fourth-order valence-corrected chi connectivity index (χ4v) is 3.09. The van der Waals surface area contributed by atoms with Gasteiger partial charge >= 0.3 is 5.91 Å². The van der Waals surface area contributed by atoms with Crippen LogP contribution in [0.25, 0.3) is 0 Å². The number of rotatable bonds is 2. The maximum Gasteiger partial charge on any atom is 0.307 e. The standard InChI is InChI=1S/C14H20BrN3O2/c1-13(2)7-9(8-14(3,4)18-13)16-17-12(19)10-5-6-11(15)20-10/h5-6,18H,7-8H2,1-4H3,(H,17,19). The van der Waals surface area contributed by atoms with Crippen LogP contribution in [0.4, 0.5) is 0 Å². The Kier molecular flexibility index (Phi) is 4.07. The number of furan rings is 1. The number of hydrogen-bond donors (Lipinski definition) is 2. The summed E-state index contributed by atoms with van der Waals surface area (Å²) in [6, 6.07) is 3.29. The van der Waals surface area contributed by atoms with Crippen LogP contribution in [0.5, 0.6) is 0 Å². The zero-order valence-electron chi connectivity index (χ0n) is 12.2. The van der Waals surface area contributed by atoms with Crippen molar-refractivity contribution in [2.24, 2.45) is 5.10 Å². The van der Waals surface area contributed by atoms with E-state index in [1.165, 1.54) is 0 Å². The van der Waals surface area contributed by atoms with Gasteiger partial charge in [-0.2, -0.15) is 5.10 Å². The molecule has 0 aromatic carbocycles. The predicted octanol–water partition coefficient (Wildman–Crippen LogP) is 3.07. The molecule has 0 spiro atoms. The SMILES string of the molecule is CC1(C)CC(=NNC(=O)c2ccc(Br)o2)CC(C)(C)N1. The molecule has 2 N–H and O–H groups in total. The lowest BCUT2D eigenvalue weighted by Crippen LogP contribution is -2.58. The molecule has 1 aromatic rings. The monoisotopic (exact) mass is 341 g/mol. The van der Waals surface area contributed by atoms with Gasteiger partial charge in [0.25, 0.3) is 0 Å². The van der Waals surface area contributed by atoms with Crippen LogP contribution in [0.3, 0.4) is 0 Å². The van der Waals surface area contributed by atoms with Crippen LogP contribution in [0.1, 0.15) is 51.1 Å². The van der Waals surface area contributed by atoms with Gasteiger partial charge in [-0.3, -0.25) is 4.79 Å². The third-order valence-corrected chi connectivity index (χ3v) is 3.51. The minimum absolute atomic E-state index is 0.0287. The Labute approximate surface area is 127 Å². The van der Waals surface area contributed by atoms with Crippen LogP contribution in [0, 0.1) is 0 Å². The molecule has 1 amide bonds. The lowest BCUT2D eigenvalue weighted by molar-refractivity contribution is 0.0925. The molecule has 0 radical (unpaired) electrons. The van der Waals surface area contributed by atoms with Crippen molar-refractivity contribution in [1.29, 1.82) is 0 Å². The molecule has 1 fully saturated rings. The van der Waals surface area contributed by atoms with Crippen molar-refractivity contribution < 1.29 is 9.21 Å². The van der Waals surface area contributed by atoms with Gasteiger partial charge in [-0.05, 0) is 55.8 Å². The van der Waals surface area contributed by atoms with Gasteiger partial charge in [-0.1, -0.05) is 0 Å². The quantitative estimate of drug-likeness (QED) is 0.812. The molecule has 1 aromatic heterocycles. The van der Waals surface area contributed by atoms with E-state index in [4.69, 9.17) is 4.42 Å². The number of carbonyl (C=O) groups is 1. The number of nitrogens with zero attached hydrogens (tertiary/aromatic N) is 1. The highest BCUT2D eigenvalue weighted by Gasteiger charge is 2.35. The number of hydrazone groups is 1. The van der Waals surface area contributed by atoms with Crippen molar-refractivity contribution in [3.63, 3.8) is 0 Å². The number of nitrogens with one attached hydrogen (secondary N) is 2. The maximum atomic E-state index is 11.9. The van der Waals surface area contributed by atoms with Gasteiger partial charge in [0.15, 0.2) is 10.4 Å². The van der Waals surface area contributed by atoms with Crippen LogP contribution in [-0.2, 0) is 0 Å². The first kappa shape index (κ1) is 15.3. The van der Waals surface area contributed by atoms with E-state index in [0.29, 0.717) is 4.67 Å². The van der Waals surface area contributed by atoms with E-state index < -0.39 is 0 Å². The molecule has 2 rings (SSSR count). The van der Waals surface area contributed by atoms with Crippen LogP contribution in [-0.4, -0.2) is 22.7 Å². The van der Waals surface area contributed by atoms with Crippen molar-refractivity contribution in [3.8, 4) is 0 Å². The Morgan fingerprint density at radius 3 is 2.40 bits per heavy atom. The Morgan fingerprint density at radius 2 is 1.90 bits per heavy atom. The van der Waals surface area contributed by atoms with Gasteiger partial charge in [0, 0.05) is 29.6 Å². The van der Waals surface area contributed by atoms with Crippen LogP contribution < -0.4 is 10.7 Å². The highest BCUT2D eigenvalue weighted by Crippen LogP contribution is 2.26. The minimum atomic E-state index is -0.336. The van der Waals surface area contributed by atoms with Gasteiger partial charge in [-0.25, -0.2) is 5.43 Å². The first-order valence-corrected chi connectivity index (χ1v) is 7.37. The van der Waals surface area contributed by atoms with E-state index in [0.717, 1.165) is 18.6 Å². The molecule has 5 nitrogen and oxygen atoms in total. The van der Waals surface area contributed by atoms with E-state index in [9.17, 15) is 4.79 Å². The van der Waals surface area contributed by atoms with Crippen molar-refractivity contribution in [1.82, 2.24) is 10.7 Å². The predicted molar refractivity (Wildman–Crippen MR) is 81.8 cm³/mol. The van der Waals surface area contributed by atoms with Gasteiger partial charge in [0.1, 0.15) is 0 Å². The second-order valence-corrected chi connectivity index (χ2v) is 7.25. The van der Waals surface area contributed by atoms with Crippen molar-refractivity contribution >= 4 is 27.5 Å². The summed E-state index contributed by atoms with van der Waals surface area (Å²) in [4.78, 5) is 11.9. The van der Waals surface area contributed by atoms with Crippen molar-refractivity contribution in [2.45, 2.75) is 51.6 Å². The number of amides is 1. The highest BCUT2D eigenvalue weighted by molar-refractivity contribution is 9.10. The van der Waals surface area contributed by atoms with E-state index in [1.54, 1.807) is 12.1 Å². The van der Waals surface area contributed by atoms with E-state index in [2.05, 4.69) is 59.5 Å². The van der Waals surface area contributed by atoms with E-state index in [-0.39, 0.29) is 22.7 Å². The molecule has 1 aliphatic rings. The average Bonchev–Trinajstić information content (AvgIpc) is 2.68. The van der Waals surface area contributed by atoms with Gasteiger partial charge < -0.3 is 9.73 Å². The van der Waals surface area contributed by atoms with Crippen LogP contribution in [0.2, 0.25) is 0 Å². The summed E-state index contributed by atoms with van der Waals surface area (Å²) in [6.45, 7) is 8.54. The van der Waals surface area contributed by atoms with Crippen LogP contribution in [0.15, 0.2) is 26.3 Å². The Morgan fingerprint density at radius 1 is 1.30 bits per heavy atom. The summed E-state index contributed by atoms with van der Waals surface area (Å²) < 4.78 is 5.72. The molecular formula is C14H20BrN3O2. The summed E-state index contributed by atoms with van der Waals surface area (Å²) >= 11 is 3.17. The van der Waals surface area contributed by atoms with Crippen LogP contribution >= 0.6 is 15.9 Å². The molecule has 2 heterocycles. The third-order valence-electron chi connectivity index (χ3n) is 3.08. The normalized spacial score (nSPS) is 20.6. The van der Waals surface area contributed by atoms with Gasteiger partial charge in [0.05, 0.1) is 0 Å². The molecule has 1 saturated heterocycles. The van der Waals surface area contributed by atoms with Crippen molar-refractivity contribution in [3.05, 3.63) is 22.6 Å². The van der Waals surface area contributed by atoms with E-state index in [1.807, 2.05) is 0 Å². The molecule has 6 heteroatoms. The zero-order chi connectivity index (χ0) is 15.0. The Balaban J connectivity index is 2.05. The molecule has 0 saturated carbocycles. The number of piperidine rings is 1. The fourth-order valence-electron chi connectivity index (χ4n) is 2.79. The minimum Gasteiger partial charge on any atom is -0.444 e. The summed E-state index contributed by atoms with van der Waals surface area (Å²) in [5, 5.41) is 7.83. The number of halogens is 1. The molecule has 0 atom stereocenters. The number of carbonyl (C=O) groups excluding carboxylic acids is 1. The largest absolute Gasteiger partial charge is 0.444 e. The summed E-state index contributed by atoms with van der Waals surface area (Å²) in [7, 11) is 0. The maximum absolute atomic E-state index is 11.9. The molecule has 0 bridgehead atoms. The van der Waals surface area contributed by atoms with Crippen molar-refractivity contribution in [2.75, 3.05) is 0 Å². The van der Waals surface area contributed by atoms with Gasteiger partial charge in [0.2, 0.25) is 0 Å². The smallest absolute Gasteiger partial charge is 0.307 e. The summed E-state index contributed by atoms with van der Waals surface area (Å²) in [5.74, 6) is -0.0916. The lowest BCUT2D eigenvalue weighted by Gasteiger charge is -2.43. The number of hydrogen-bond acceptors (Lipinski definition) is 4. The molecule has 110 valence electrons. The van der Waals surface area contributed by atoms with E-state index >= 15 is 0 Å². The Hall–Kier alpha value is -1.14. The van der Waals surface area contributed by atoms with Gasteiger partial charge in [-0.15, -0.1) is 0 Å². The topological polar surface area (TPSA) is 66.6 Å². The zero-order valence-corrected chi connectivity index (χ0v) is 13.8. The summed E-state index contributed by atoms with van der Waals surface area (Å²) in [5.41, 5.74) is 3.49. The molecular weight excluding hydrogens is 322 g/mol. The highest BCUT2D eigenvalue weighted by atomic mass is 79.9. The second kappa shape index (κ2) is 5.33. The average molecular weight is 342 g/mol. The molecule has 0 aliphatic carbocycles. The molecule has 0 unspecified atom stereocenters. The molecule has 20 heavy (non-hydrogen) atoms. The Bertz CT molecular complexity index is 528. The second-order valence-electron chi connectivity index (χ2n) is 6.47. The molecule has 1 aliphatic heterocycles. The lowest BCUT2D eigenvalue weighted by atomic mass is 9.81. The first-order valence-electron chi connectivity index (χ1n) is 6.57. The fraction of sp³-hybridized carbons (Fsp3) is 0.571. The first-order chi connectivity index (χ1) is 9.17.